The zero-order valence-electron chi connectivity index (χ0n) is 11.6. The van der Waals surface area contributed by atoms with Crippen molar-refractivity contribution >= 4 is 17.7 Å². The van der Waals surface area contributed by atoms with E-state index in [1.807, 2.05) is 0 Å². The van der Waals surface area contributed by atoms with E-state index in [0.717, 1.165) is 12.1 Å². The normalized spacial score (nSPS) is 11.2. The van der Waals surface area contributed by atoms with Gasteiger partial charge in [0, 0.05) is 0 Å². The molecule has 0 saturated carbocycles. The van der Waals surface area contributed by atoms with Crippen molar-refractivity contribution in [2.45, 2.75) is 30.4 Å². The molecule has 126 valence electrons. The Labute approximate surface area is 132 Å². The van der Waals surface area contributed by atoms with Crippen LogP contribution >= 0.6 is 11.8 Å². The van der Waals surface area contributed by atoms with Gasteiger partial charge in [-0.3, -0.25) is 4.79 Å². The van der Waals surface area contributed by atoms with Gasteiger partial charge in [-0.15, -0.1) is 0 Å². The van der Waals surface area contributed by atoms with Crippen molar-refractivity contribution in [3.8, 4) is 11.8 Å². The van der Waals surface area contributed by atoms with E-state index in [1.165, 1.54) is 6.92 Å². The summed E-state index contributed by atoms with van der Waals surface area (Å²) in [7, 11) is 0. The van der Waals surface area contributed by atoms with E-state index in [2.05, 4.69) is 9.47 Å². The van der Waals surface area contributed by atoms with Crippen LogP contribution in [-0.4, -0.2) is 24.7 Å². The average molecular weight is 355 g/mol. The molecular weight excluding hydrogens is 345 g/mol. The van der Waals surface area contributed by atoms with Crippen molar-refractivity contribution in [1.29, 1.82) is 5.26 Å². The molecule has 0 aliphatic heterocycles. The van der Waals surface area contributed by atoms with E-state index >= 15 is 0 Å². The fourth-order valence-corrected chi connectivity index (χ4v) is 2.27. The molecule has 0 aliphatic rings. The smallest absolute Gasteiger partial charge is 0.446 e. The molecule has 0 saturated heterocycles. The van der Waals surface area contributed by atoms with E-state index in [4.69, 9.17) is 5.26 Å². The third-order valence-corrected chi connectivity index (χ3v) is 3.14. The van der Waals surface area contributed by atoms with Crippen molar-refractivity contribution in [3.05, 3.63) is 23.3 Å². The van der Waals surface area contributed by atoms with Crippen LogP contribution in [0.4, 0.5) is 22.0 Å². The second kappa shape index (κ2) is 8.01. The summed E-state index contributed by atoms with van der Waals surface area (Å²) >= 11 is -0.677. The SMILES string of the molecule is CCOC(=O)Cc1cc(SC(F)(F)F)c(OC(F)F)cc1C#N. The lowest BCUT2D eigenvalue weighted by Crippen LogP contribution is -2.11. The highest BCUT2D eigenvalue weighted by Crippen LogP contribution is 2.43. The molecule has 0 amide bonds. The molecule has 4 nitrogen and oxygen atoms in total. The lowest BCUT2D eigenvalue weighted by atomic mass is 10.1. The first-order chi connectivity index (χ1) is 10.7. The van der Waals surface area contributed by atoms with Crippen LogP contribution in [0.2, 0.25) is 0 Å². The molecule has 0 aromatic heterocycles. The number of nitrogens with zero attached hydrogens (tertiary/aromatic N) is 1. The molecule has 1 aromatic carbocycles. The van der Waals surface area contributed by atoms with Gasteiger partial charge in [-0.1, -0.05) is 0 Å². The predicted molar refractivity (Wildman–Crippen MR) is 70.0 cm³/mol. The predicted octanol–water partition coefficient (Wildman–Crippen LogP) is 3.88. The molecule has 0 N–H and O–H groups in total. The minimum atomic E-state index is -4.75. The first-order valence-corrected chi connectivity index (χ1v) is 6.91. The minimum Gasteiger partial charge on any atom is -0.466 e. The molecule has 0 bridgehead atoms. The Kier molecular flexibility index (Phi) is 6.62. The van der Waals surface area contributed by atoms with E-state index in [0.29, 0.717) is 0 Å². The summed E-state index contributed by atoms with van der Waals surface area (Å²) in [5.74, 6) is -1.54. The number of hydrogen-bond donors (Lipinski definition) is 0. The first kappa shape index (κ1) is 19.0. The number of carbonyl (C=O) groups is 1. The van der Waals surface area contributed by atoms with Gasteiger partial charge in [0.25, 0.3) is 0 Å². The number of carbonyl (C=O) groups excluding carboxylic acids is 1. The summed E-state index contributed by atoms with van der Waals surface area (Å²) in [6, 6.07) is 3.19. The van der Waals surface area contributed by atoms with Crippen molar-refractivity contribution < 1.29 is 36.2 Å². The summed E-state index contributed by atoms with van der Waals surface area (Å²) in [5.41, 5.74) is -5.07. The molecule has 0 radical (unpaired) electrons. The van der Waals surface area contributed by atoms with Gasteiger partial charge in [0.1, 0.15) is 5.75 Å². The Balaban J connectivity index is 3.28. The number of rotatable bonds is 6. The zero-order valence-corrected chi connectivity index (χ0v) is 12.4. The molecule has 0 aliphatic carbocycles. The Morgan fingerprint density at radius 3 is 2.52 bits per heavy atom. The van der Waals surface area contributed by atoms with Crippen molar-refractivity contribution in [2.24, 2.45) is 0 Å². The van der Waals surface area contributed by atoms with Crippen LogP contribution in [-0.2, 0) is 16.0 Å². The highest BCUT2D eigenvalue weighted by molar-refractivity contribution is 8.00. The molecule has 0 fully saturated rings. The number of nitriles is 1. The maximum Gasteiger partial charge on any atom is 0.446 e. The average Bonchev–Trinajstić information content (AvgIpc) is 2.39. The number of benzene rings is 1. The van der Waals surface area contributed by atoms with Gasteiger partial charge in [0.15, 0.2) is 0 Å². The molecule has 0 unspecified atom stereocenters. The van der Waals surface area contributed by atoms with Crippen LogP contribution in [0.1, 0.15) is 18.1 Å². The lowest BCUT2D eigenvalue weighted by Gasteiger charge is -2.14. The van der Waals surface area contributed by atoms with Crippen LogP contribution in [0, 0.1) is 11.3 Å². The number of thioether (sulfide) groups is 1. The standard InChI is InChI=1S/C13H10F5NO3S/c1-2-21-11(20)5-7-4-10(23-13(16,17)18)9(22-12(14)15)3-8(7)6-19/h3-4,12H,2,5H2,1H3. The van der Waals surface area contributed by atoms with Crippen LogP contribution < -0.4 is 4.74 Å². The van der Waals surface area contributed by atoms with Crippen LogP contribution in [0.5, 0.6) is 5.75 Å². The van der Waals surface area contributed by atoms with Gasteiger partial charge in [0.05, 0.1) is 29.6 Å². The fourth-order valence-electron chi connectivity index (χ4n) is 1.61. The number of ether oxygens (including phenoxy) is 2. The van der Waals surface area contributed by atoms with Crippen molar-refractivity contribution in [2.75, 3.05) is 6.61 Å². The second-order valence-corrected chi connectivity index (χ2v) is 5.08. The van der Waals surface area contributed by atoms with Crippen LogP contribution in [0.25, 0.3) is 0 Å². The summed E-state index contributed by atoms with van der Waals surface area (Å²) in [6.07, 6.45) is -0.461. The summed E-state index contributed by atoms with van der Waals surface area (Å²) in [6.45, 7) is -1.77. The van der Waals surface area contributed by atoms with Gasteiger partial charge in [-0.25, -0.2) is 0 Å². The van der Waals surface area contributed by atoms with E-state index < -0.39 is 46.9 Å². The number of hydrogen-bond acceptors (Lipinski definition) is 5. The largest absolute Gasteiger partial charge is 0.466 e. The number of esters is 1. The monoisotopic (exact) mass is 355 g/mol. The topological polar surface area (TPSA) is 59.3 Å². The highest BCUT2D eigenvalue weighted by atomic mass is 32.2. The fraction of sp³-hybridized carbons (Fsp3) is 0.385. The Morgan fingerprint density at radius 1 is 1.39 bits per heavy atom. The van der Waals surface area contributed by atoms with Gasteiger partial charge < -0.3 is 9.47 Å². The third kappa shape index (κ3) is 6.32. The molecule has 0 heterocycles. The van der Waals surface area contributed by atoms with Crippen molar-refractivity contribution in [3.63, 3.8) is 0 Å². The van der Waals surface area contributed by atoms with Crippen LogP contribution in [0.3, 0.4) is 0 Å². The number of alkyl halides is 5. The molecule has 23 heavy (non-hydrogen) atoms. The Morgan fingerprint density at radius 2 is 2.04 bits per heavy atom. The summed E-state index contributed by atoms with van der Waals surface area (Å²) < 4.78 is 70.9. The van der Waals surface area contributed by atoms with E-state index in [-0.39, 0.29) is 17.7 Å². The summed E-state index contributed by atoms with van der Waals surface area (Å²) in [4.78, 5) is 10.8. The zero-order chi connectivity index (χ0) is 17.6. The summed E-state index contributed by atoms with van der Waals surface area (Å²) in [5, 5.41) is 8.97. The molecule has 10 heteroatoms. The van der Waals surface area contributed by atoms with E-state index in [1.54, 1.807) is 6.07 Å². The molecular formula is C13H10F5NO3S. The van der Waals surface area contributed by atoms with Gasteiger partial charge in [-0.05, 0) is 36.4 Å². The van der Waals surface area contributed by atoms with Gasteiger partial charge in [-0.2, -0.15) is 27.2 Å². The molecule has 1 rings (SSSR count). The highest BCUT2D eigenvalue weighted by Gasteiger charge is 2.32. The Bertz CT molecular complexity index is 613. The molecule has 1 aromatic rings. The van der Waals surface area contributed by atoms with Gasteiger partial charge in [0.2, 0.25) is 0 Å². The minimum absolute atomic E-state index is 0.0530. The second-order valence-electron chi connectivity index (χ2n) is 3.98. The van der Waals surface area contributed by atoms with Crippen LogP contribution in [0.15, 0.2) is 17.0 Å². The maximum absolute atomic E-state index is 12.5. The number of halogens is 5. The molecule has 0 atom stereocenters. The maximum atomic E-state index is 12.5. The lowest BCUT2D eigenvalue weighted by molar-refractivity contribution is -0.142. The Hall–Kier alpha value is -2.02. The first-order valence-electron chi connectivity index (χ1n) is 6.09. The van der Waals surface area contributed by atoms with Gasteiger partial charge >= 0.3 is 18.1 Å². The molecule has 0 spiro atoms. The van der Waals surface area contributed by atoms with E-state index in [9.17, 15) is 26.7 Å². The third-order valence-electron chi connectivity index (χ3n) is 2.37. The quantitative estimate of drug-likeness (QED) is 0.440. The van der Waals surface area contributed by atoms with Crippen molar-refractivity contribution in [1.82, 2.24) is 0 Å².